The molecule has 2 heterocycles. The molecule has 0 spiro atoms. The van der Waals surface area contributed by atoms with E-state index in [1.807, 2.05) is 6.92 Å². The van der Waals surface area contributed by atoms with Crippen LogP contribution in [0.5, 0.6) is 0 Å². The number of benzene rings is 1. The summed E-state index contributed by atoms with van der Waals surface area (Å²) in [5.41, 5.74) is -0.244. The van der Waals surface area contributed by atoms with Crippen molar-refractivity contribution in [1.82, 2.24) is 15.2 Å². The zero-order chi connectivity index (χ0) is 23.1. The minimum atomic E-state index is -0.654. The third kappa shape index (κ3) is 5.72. The fourth-order valence-electron chi connectivity index (χ4n) is 3.21. The molecular formula is C24H26FN3O4. The molecule has 0 unspecified atom stereocenters. The number of rotatable bonds is 9. The van der Waals surface area contributed by atoms with Crippen LogP contribution in [-0.4, -0.2) is 22.9 Å². The minimum Gasteiger partial charge on any atom is -0.467 e. The summed E-state index contributed by atoms with van der Waals surface area (Å²) in [7, 11) is 0. The number of pyridine rings is 1. The van der Waals surface area contributed by atoms with Crippen molar-refractivity contribution in [1.29, 1.82) is 0 Å². The predicted molar refractivity (Wildman–Crippen MR) is 118 cm³/mol. The van der Waals surface area contributed by atoms with E-state index in [1.165, 1.54) is 30.8 Å². The monoisotopic (exact) mass is 439 g/mol. The molecule has 32 heavy (non-hydrogen) atoms. The summed E-state index contributed by atoms with van der Waals surface area (Å²) in [6.45, 7) is 4.41. The molecule has 3 aromatic rings. The second kappa shape index (κ2) is 10.6. The van der Waals surface area contributed by atoms with Crippen LogP contribution >= 0.6 is 0 Å². The number of aromatic nitrogens is 1. The number of halogens is 1. The average Bonchev–Trinajstić information content (AvgIpc) is 3.28. The normalized spacial score (nSPS) is 11.7. The number of furan rings is 1. The van der Waals surface area contributed by atoms with Gasteiger partial charge in [0, 0.05) is 18.9 Å². The maximum absolute atomic E-state index is 13.2. The molecule has 2 N–H and O–H groups in total. The molecule has 2 aromatic heterocycles. The molecular weight excluding hydrogens is 413 g/mol. The van der Waals surface area contributed by atoms with Gasteiger partial charge in [-0.3, -0.25) is 14.4 Å². The summed E-state index contributed by atoms with van der Waals surface area (Å²) < 4.78 is 20.1. The first-order valence-electron chi connectivity index (χ1n) is 10.5. The molecule has 2 amide bonds. The first-order chi connectivity index (χ1) is 15.4. The fraction of sp³-hybridized carbons (Fsp3) is 0.292. The maximum atomic E-state index is 13.2. The largest absolute Gasteiger partial charge is 0.467 e. The van der Waals surface area contributed by atoms with Crippen LogP contribution in [0.25, 0.3) is 0 Å². The van der Waals surface area contributed by atoms with Crippen LogP contribution < -0.4 is 16.1 Å². The summed E-state index contributed by atoms with van der Waals surface area (Å²) in [4.78, 5) is 38.6. The zero-order valence-electron chi connectivity index (χ0n) is 18.1. The Hall–Kier alpha value is -3.68. The van der Waals surface area contributed by atoms with E-state index < -0.39 is 23.3 Å². The Kier molecular flexibility index (Phi) is 7.59. The Bertz CT molecular complexity index is 1120. The van der Waals surface area contributed by atoms with Gasteiger partial charge >= 0.3 is 0 Å². The van der Waals surface area contributed by atoms with Crippen molar-refractivity contribution in [3.05, 3.63) is 93.5 Å². The van der Waals surface area contributed by atoms with Crippen LogP contribution in [0.3, 0.4) is 0 Å². The van der Waals surface area contributed by atoms with Crippen LogP contribution in [0.2, 0.25) is 0 Å². The minimum absolute atomic E-state index is 0.116. The van der Waals surface area contributed by atoms with E-state index in [-0.39, 0.29) is 23.5 Å². The van der Waals surface area contributed by atoms with E-state index in [0.29, 0.717) is 17.9 Å². The van der Waals surface area contributed by atoms with Crippen LogP contribution in [0, 0.1) is 5.82 Å². The van der Waals surface area contributed by atoms with Gasteiger partial charge < -0.3 is 19.6 Å². The lowest BCUT2D eigenvalue weighted by Crippen LogP contribution is -2.36. The number of nitrogens with zero attached hydrogens (tertiary/aromatic N) is 1. The second-order valence-electron chi connectivity index (χ2n) is 7.52. The lowest BCUT2D eigenvalue weighted by Gasteiger charge is -2.16. The molecule has 0 saturated heterocycles. The molecule has 0 saturated carbocycles. The first kappa shape index (κ1) is 23.0. The van der Waals surface area contributed by atoms with Crippen molar-refractivity contribution in [2.45, 2.75) is 39.3 Å². The molecule has 0 radical (unpaired) electrons. The highest BCUT2D eigenvalue weighted by molar-refractivity contribution is 5.99. The molecule has 0 aliphatic carbocycles. The van der Waals surface area contributed by atoms with Crippen molar-refractivity contribution in [3.8, 4) is 0 Å². The van der Waals surface area contributed by atoms with Crippen LogP contribution in [0.15, 0.2) is 64.3 Å². The molecule has 3 rings (SSSR count). The van der Waals surface area contributed by atoms with Crippen molar-refractivity contribution in [3.63, 3.8) is 0 Å². The van der Waals surface area contributed by atoms with Gasteiger partial charge in [-0.15, -0.1) is 0 Å². The highest BCUT2D eigenvalue weighted by Gasteiger charge is 2.21. The van der Waals surface area contributed by atoms with Crippen molar-refractivity contribution < 1.29 is 18.4 Å². The summed E-state index contributed by atoms with van der Waals surface area (Å²) in [5, 5.41) is 5.47. The van der Waals surface area contributed by atoms with Crippen molar-refractivity contribution in [2.24, 2.45) is 0 Å². The molecule has 0 aliphatic rings. The third-order valence-corrected chi connectivity index (χ3v) is 5.02. The number of hydrogen-bond donors (Lipinski definition) is 2. The molecule has 0 bridgehead atoms. The lowest BCUT2D eigenvalue weighted by molar-refractivity contribution is 0.0938. The first-order valence-corrected chi connectivity index (χ1v) is 10.5. The summed E-state index contributed by atoms with van der Waals surface area (Å²) >= 11 is 0. The highest BCUT2D eigenvalue weighted by atomic mass is 19.1. The Morgan fingerprint density at radius 1 is 1.09 bits per heavy atom. The molecule has 1 aromatic carbocycles. The smallest absolute Gasteiger partial charge is 0.257 e. The predicted octanol–water partition coefficient (Wildman–Crippen LogP) is 3.65. The van der Waals surface area contributed by atoms with Crippen LogP contribution in [-0.2, 0) is 6.54 Å². The Morgan fingerprint density at radius 3 is 2.41 bits per heavy atom. The number of amides is 2. The number of nitrogens with one attached hydrogen (secondary N) is 2. The van der Waals surface area contributed by atoms with Gasteiger partial charge in [-0.2, -0.15) is 0 Å². The SMILES string of the molecule is CCCCNC(=O)c1cn(Cc2ccco2)cc(C(=O)N[C@@H](C)c2ccc(F)cc2)c1=O. The standard InChI is InChI=1S/C24H26FN3O4/c1-3-4-11-26-23(30)20-14-28(13-19-6-5-12-32-19)15-21(22(20)29)24(31)27-16(2)17-7-9-18(25)10-8-17/h5-10,12,14-16H,3-4,11,13H2,1-2H3,(H,26,30)(H,27,31)/t16-/m0/s1. The van der Waals surface area contributed by atoms with Crippen LogP contribution in [0.1, 0.15) is 64.8 Å². The van der Waals surface area contributed by atoms with E-state index in [0.717, 1.165) is 12.8 Å². The van der Waals surface area contributed by atoms with Gasteiger partial charge in [-0.25, -0.2) is 4.39 Å². The van der Waals surface area contributed by atoms with Crippen molar-refractivity contribution >= 4 is 11.8 Å². The molecule has 7 nitrogen and oxygen atoms in total. The fourth-order valence-corrected chi connectivity index (χ4v) is 3.21. The quantitative estimate of drug-likeness (QED) is 0.498. The Morgan fingerprint density at radius 2 is 1.78 bits per heavy atom. The van der Waals surface area contributed by atoms with Gasteiger partial charge in [-0.1, -0.05) is 25.5 Å². The van der Waals surface area contributed by atoms with Gasteiger partial charge in [0.15, 0.2) is 0 Å². The van der Waals surface area contributed by atoms with Gasteiger partial charge in [0.05, 0.1) is 18.8 Å². The van der Waals surface area contributed by atoms with Crippen molar-refractivity contribution in [2.75, 3.05) is 6.54 Å². The molecule has 168 valence electrons. The Labute approximate surface area is 185 Å². The van der Waals surface area contributed by atoms with E-state index in [1.54, 1.807) is 35.8 Å². The molecule has 0 aliphatic heterocycles. The van der Waals surface area contributed by atoms with E-state index >= 15 is 0 Å². The van der Waals surface area contributed by atoms with Gasteiger partial charge in [0.1, 0.15) is 22.7 Å². The highest BCUT2D eigenvalue weighted by Crippen LogP contribution is 2.14. The molecule has 8 heteroatoms. The maximum Gasteiger partial charge on any atom is 0.257 e. The summed E-state index contributed by atoms with van der Waals surface area (Å²) in [6.07, 6.45) is 6.02. The summed E-state index contributed by atoms with van der Waals surface area (Å²) in [5.74, 6) is -0.923. The number of carbonyl (C=O) groups is 2. The number of unbranched alkanes of at least 4 members (excludes halogenated alkanes) is 1. The van der Waals surface area contributed by atoms with E-state index in [9.17, 15) is 18.8 Å². The summed E-state index contributed by atoms with van der Waals surface area (Å²) in [6, 6.07) is 8.75. The third-order valence-electron chi connectivity index (χ3n) is 5.02. The van der Waals surface area contributed by atoms with Gasteiger partial charge in [-0.05, 0) is 43.2 Å². The van der Waals surface area contributed by atoms with Crippen LogP contribution in [0.4, 0.5) is 4.39 Å². The molecule has 0 fully saturated rings. The second-order valence-corrected chi connectivity index (χ2v) is 7.52. The number of carbonyl (C=O) groups excluding carboxylic acids is 2. The van der Waals surface area contributed by atoms with E-state index in [2.05, 4.69) is 10.6 Å². The lowest BCUT2D eigenvalue weighted by atomic mass is 10.1. The zero-order valence-corrected chi connectivity index (χ0v) is 18.1. The van der Waals surface area contributed by atoms with Gasteiger partial charge in [0.25, 0.3) is 11.8 Å². The topological polar surface area (TPSA) is 93.3 Å². The molecule has 1 atom stereocenters. The Balaban J connectivity index is 1.90. The van der Waals surface area contributed by atoms with Gasteiger partial charge in [0.2, 0.25) is 5.43 Å². The average molecular weight is 439 g/mol. The number of hydrogen-bond acceptors (Lipinski definition) is 4. The van der Waals surface area contributed by atoms with E-state index in [4.69, 9.17) is 4.42 Å².